The fraction of sp³-hybridized carbons (Fsp3) is 0.417. The van der Waals surface area contributed by atoms with Crippen molar-refractivity contribution in [3.8, 4) is 11.9 Å². The summed E-state index contributed by atoms with van der Waals surface area (Å²) in [6.45, 7) is 5.80. The van der Waals surface area contributed by atoms with Crippen molar-refractivity contribution in [1.29, 1.82) is 5.26 Å². The van der Waals surface area contributed by atoms with E-state index in [1.54, 1.807) is 25.1 Å². The summed E-state index contributed by atoms with van der Waals surface area (Å²) in [6.07, 6.45) is -0.0948. The van der Waals surface area contributed by atoms with Gasteiger partial charge in [-0.1, -0.05) is 0 Å². The molecule has 0 spiro atoms. The summed E-state index contributed by atoms with van der Waals surface area (Å²) >= 11 is 0. The lowest BCUT2D eigenvalue weighted by molar-refractivity contribution is -0.238. The number of aliphatic hydroxyl groups excluding tert-OH is 1. The molecule has 2 aromatic carbocycles. The molecule has 3 N–H and O–H groups in total. The molecule has 0 unspecified atom stereocenters. The average Bonchev–Trinajstić information content (AvgIpc) is 3.02. The first-order valence-corrected chi connectivity index (χ1v) is 10.6. The van der Waals surface area contributed by atoms with E-state index in [1.807, 2.05) is 42.3 Å². The fourth-order valence-corrected chi connectivity index (χ4v) is 4.78. The van der Waals surface area contributed by atoms with Gasteiger partial charge in [0.25, 0.3) is 0 Å². The van der Waals surface area contributed by atoms with Crippen molar-refractivity contribution < 1.29 is 19.3 Å². The van der Waals surface area contributed by atoms with Gasteiger partial charge in [-0.15, -0.1) is 4.99 Å². The summed E-state index contributed by atoms with van der Waals surface area (Å²) in [5.41, 5.74) is 10.4. The van der Waals surface area contributed by atoms with Crippen LogP contribution in [0.5, 0.6) is 5.75 Å². The van der Waals surface area contributed by atoms with E-state index in [0.29, 0.717) is 22.6 Å². The van der Waals surface area contributed by atoms with Crippen LogP contribution in [-0.2, 0) is 16.5 Å². The highest BCUT2D eigenvalue weighted by Gasteiger charge is 2.53. The number of nitrogens with zero attached hydrogens (tertiary/aromatic N) is 4. The van der Waals surface area contributed by atoms with E-state index in [2.05, 4.69) is 11.1 Å². The largest absolute Gasteiger partial charge is 0.479 e. The molecule has 0 amide bonds. The normalized spacial score (nSPS) is 22.9. The second-order valence-corrected chi connectivity index (χ2v) is 8.64. The van der Waals surface area contributed by atoms with Gasteiger partial charge in [0.05, 0.1) is 17.1 Å². The number of aryl methyl sites for hydroxylation is 3. The number of ether oxygens (including phenoxy) is 3. The SMILES string of the molecule is COC(OC)[C@@]1(C)Oc2ccc(N)cc2[C@H](n2c(=NC#N)n(C)c3cc(C)c(C)cc32)[C@H]1O. The van der Waals surface area contributed by atoms with Gasteiger partial charge in [0.2, 0.25) is 11.8 Å². The van der Waals surface area contributed by atoms with Crippen molar-refractivity contribution >= 4 is 16.7 Å². The molecule has 2 heterocycles. The molecule has 1 aliphatic rings. The Morgan fingerprint density at radius 2 is 1.82 bits per heavy atom. The number of nitrogen functional groups attached to an aromatic ring is 1. The highest BCUT2D eigenvalue weighted by Crippen LogP contribution is 2.45. The average molecular weight is 452 g/mol. The summed E-state index contributed by atoms with van der Waals surface area (Å²) in [6, 6.07) is 8.69. The number of rotatable bonds is 4. The van der Waals surface area contributed by atoms with E-state index in [0.717, 1.165) is 22.2 Å². The van der Waals surface area contributed by atoms with E-state index in [1.165, 1.54) is 14.2 Å². The van der Waals surface area contributed by atoms with Gasteiger partial charge in [0.1, 0.15) is 11.9 Å². The minimum Gasteiger partial charge on any atom is -0.479 e. The number of nitrogens with two attached hydrogens (primary N) is 1. The lowest BCUT2D eigenvalue weighted by Crippen LogP contribution is -2.61. The molecule has 33 heavy (non-hydrogen) atoms. The number of hydrogen-bond acceptors (Lipinski definition) is 7. The fourth-order valence-electron chi connectivity index (χ4n) is 4.78. The minimum absolute atomic E-state index is 0.394. The first-order chi connectivity index (χ1) is 15.7. The third-order valence-corrected chi connectivity index (χ3v) is 6.62. The molecule has 0 saturated heterocycles. The van der Waals surface area contributed by atoms with Gasteiger partial charge >= 0.3 is 0 Å². The highest BCUT2D eigenvalue weighted by atomic mass is 16.7. The van der Waals surface area contributed by atoms with Crippen molar-refractivity contribution in [2.45, 2.75) is 44.8 Å². The van der Waals surface area contributed by atoms with Crippen molar-refractivity contribution in [3.05, 3.63) is 52.6 Å². The molecule has 9 heteroatoms. The number of hydrogen-bond donors (Lipinski definition) is 2. The monoisotopic (exact) mass is 451 g/mol. The zero-order valence-corrected chi connectivity index (χ0v) is 19.7. The van der Waals surface area contributed by atoms with Crippen LogP contribution in [0.2, 0.25) is 0 Å². The van der Waals surface area contributed by atoms with E-state index >= 15 is 0 Å². The Labute approximate surface area is 192 Å². The molecule has 0 bridgehead atoms. The molecule has 4 rings (SSSR count). The minimum atomic E-state index is -1.27. The lowest BCUT2D eigenvalue weighted by Gasteiger charge is -2.47. The molecular formula is C24H29N5O4. The number of aliphatic hydroxyl groups is 1. The first kappa shape index (κ1) is 22.9. The first-order valence-electron chi connectivity index (χ1n) is 10.6. The Balaban J connectivity index is 2.12. The Bertz CT molecular complexity index is 1330. The molecule has 3 aromatic rings. The van der Waals surface area contributed by atoms with Crippen LogP contribution in [0.3, 0.4) is 0 Å². The van der Waals surface area contributed by atoms with Crippen molar-refractivity contribution in [2.75, 3.05) is 20.0 Å². The van der Waals surface area contributed by atoms with Gasteiger partial charge < -0.3 is 29.6 Å². The second-order valence-electron chi connectivity index (χ2n) is 8.64. The number of methoxy groups -OCH3 is 2. The highest BCUT2D eigenvalue weighted by molar-refractivity contribution is 5.78. The Morgan fingerprint density at radius 3 is 2.42 bits per heavy atom. The lowest BCUT2D eigenvalue weighted by atomic mass is 9.84. The van der Waals surface area contributed by atoms with Gasteiger partial charge in [-0.3, -0.25) is 4.57 Å². The Hall–Kier alpha value is -3.32. The summed E-state index contributed by atoms with van der Waals surface area (Å²) < 4.78 is 21.0. The van der Waals surface area contributed by atoms with Gasteiger partial charge in [0, 0.05) is 32.5 Å². The quantitative estimate of drug-likeness (QED) is 0.357. The zero-order valence-electron chi connectivity index (χ0n) is 19.7. The maximum Gasteiger partial charge on any atom is 0.222 e. The summed E-state index contributed by atoms with van der Waals surface area (Å²) in [5, 5.41) is 21.3. The van der Waals surface area contributed by atoms with Crippen LogP contribution in [0, 0.1) is 25.3 Å². The number of benzene rings is 2. The topological polar surface area (TPSA) is 120 Å². The molecule has 9 nitrogen and oxygen atoms in total. The molecular weight excluding hydrogens is 422 g/mol. The van der Waals surface area contributed by atoms with Crippen LogP contribution >= 0.6 is 0 Å². The van der Waals surface area contributed by atoms with Crippen molar-refractivity contribution in [3.63, 3.8) is 0 Å². The van der Waals surface area contributed by atoms with Crippen LogP contribution in [0.1, 0.15) is 29.7 Å². The van der Waals surface area contributed by atoms with Crippen molar-refractivity contribution in [2.24, 2.45) is 12.0 Å². The van der Waals surface area contributed by atoms with E-state index < -0.39 is 24.0 Å². The summed E-state index contributed by atoms with van der Waals surface area (Å²) in [7, 11) is 4.84. The third-order valence-electron chi connectivity index (χ3n) is 6.62. The molecule has 3 atom stereocenters. The smallest absolute Gasteiger partial charge is 0.222 e. The van der Waals surface area contributed by atoms with Gasteiger partial charge in [-0.25, -0.2) is 0 Å². The summed E-state index contributed by atoms with van der Waals surface area (Å²) in [4.78, 5) is 4.13. The molecule has 174 valence electrons. The predicted molar refractivity (Wildman–Crippen MR) is 123 cm³/mol. The Morgan fingerprint density at radius 1 is 1.18 bits per heavy atom. The van der Waals surface area contributed by atoms with E-state index in [-0.39, 0.29) is 0 Å². The van der Waals surface area contributed by atoms with Crippen LogP contribution in [0.25, 0.3) is 11.0 Å². The standard InChI is InChI=1S/C24H29N5O4/c1-13-9-17-18(10-14(13)2)29(23(27-12-25)28(17)4)20-16-11-15(26)7-8-19(16)33-24(3,21(20)30)22(31-5)32-6/h7-11,20-22,30H,26H2,1-6H3/t20-,21+,24-/m0/s1. The zero-order chi connectivity index (χ0) is 24.1. The second kappa shape index (κ2) is 8.23. The number of anilines is 1. The third kappa shape index (κ3) is 3.38. The number of aromatic nitrogens is 2. The number of nitriles is 1. The Kier molecular flexibility index (Phi) is 5.70. The molecule has 1 aromatic heterocycles. The molecule has 0 fully saturated rings. The predicted octanol–water partition coefficient (Wildman–Crippen LogP) is 2.28. The molecule has 1 aliphatic heterocycles. The van der Waals surface area contributed by atoms with Crippen LogP contribution in [0.4, 0.5) is 5.69 Å². The van der Waals surface area contributed by atoms with Crippen molar-refractivity contribution in [1.82, 2.24) is 9.13 Å². The molecule has 0 saturated carbocycles. The van der Waals surface area contributed by atoms with Crippen LogP contribution < -0.4 is 16.1 Å². The maximum atomic E-state index is 11.8. The maximum absolute atomic E-state index is 11.8. The van der Waals surface area contributed by atoms with Gasteiger partial charge in [-0.2, -0.15) is 5.26 Å². The summed E-state index contributed by atoms with van der Waals surface area (Å²) in [5.74, 6) is 0.539. The van der Waals surface area contributed by atoms with Gasteiger partial charge in [-0.05, 0) is 62.2 Å². The van der Waals surface area contributed by atoms with E-state index in [9.17, 15) is 10.4 Å². The molecule has 0 radical (unpaired) electrons. The van der Waals surface area contributed by atoms with Gasteiger partial charge in [0.15, 0.2) is 11.9 Å². The van der Waals surface area contributed by atoms with E-state index in [4.69, 9.17) is 19.9 Å². The number of fused-ring (bicyclic) bond motifs is 2. The van der Waals surface area contributed by atoms with Crippen LogP contribution in [-0.4, -0.2) is 46.5 Å². The number of imidazole rings is 1. The molecule has 0 aliphatic carbocycles. The van der Waals surface area contributed by atoms with Crippen LogP contribution in [0.15, 0.2) is 35.3 Å².